The van der Waals surface area contributed by atoms with E-state index in [-0.39, 0.29) is 0 Å². The number of ether oxygens (including phenoxy) is 1. The molecule has 0 saturated carbocycles. The number of rotatable bonds is 11. The topological polar surface area (TPSA) is 21.3 Å². The van der Waals surface area contributed by atoms with Crippen LogP contribution < -0.4 is 10.1 Å². The van der Waals surface area contributed by atoms with E-state index < -0.39 is 0 Å². The molecule has 19 heavy (non-hydrogen) atoms. The van der Waals surface area contributed by atoms with Gasteiger partial charge in [0.1, 0.15) is 5.75 Å². The average Bonchev–Trinajstić information content (AvgIpc) is 2.43. The zero-order chi connectivity index (χ0) is 13.8. The molecule has 0 fully saturated rings. The van der Waals surface area contributed by atoms with E-state index in [1.54, 1.807) is 0 Å². The van der Waals surface area contributed by atoms with Crippen LogP contribution in [0, 0.1) is 0 Å². The highest BCUT2D eigenvalue weighted by Crippen LogP contribution is 2.13. The van der Waals surface area contributed by atoms with Crippen molar-refractivity contribution in [1.29, 1.82) is 0 Å². The summed E-state index contributed by atoms with van der Waals surface area (Å²) in [7, 11) is 0. The molecular formula is C17H29NO. The van der Waals surface area contributed by atoms with E-state index in [9.17, 15) is 0 Å². The summed E-state index contributed by atoms with van der Waals surface area (Å²) in [6.07, 6.45) is 8.13. The largest absolute Gasteiger partial charge is 0.494 e. The zero-order valence-corrected chi connectivity index (χ0v) is 12.6. The first-order valence-corrected chi connectivity index (χ1v) is 7.79. The van der Waals surface area contributed by atoms with Crippen LogP contribution in [-0.4, -0.2) is 13.2 Å². The fraction of sp³-hybridized carbons (Fsp3) is 0.647. The van der Waals surface area contributed by atoms with Crippen molar-refractivity contribution in [2.24, 2.45) is 0 Å². The van der Waals surface area contributed by atoms with Crippen LogP contribution in [0.5, 0.6) is 5.75 Å². The molecule has 0 spiro atoms. The molecule has 0 aliphatic heterocycles. The smallest absolute Gasteiger partial charge is 0.119 e. The van der Waals surface area contributed by atoms with Crippen molar-refractivity contribution in [2.45, 2.75) is 58.9 Å². The van der Waals surface area contributed by atoms with Crippen molar-refractivity contribution in [3.05, 3.63) is 29.8 Å². The monoisotopic (exact) mass is 263 g/mol. The van der Waals surface area contributed by atoms with Crippen molar-refractivity contribution in [3.63, 3.8) is 0 Å². The maximum atomic E-state index is 5.50. The Balaban J connectivity index is 2.07. The maximum absolute atomic E-state index is 5.50. The SMILES string of the molecule is CCCCCCCCNCc1cccc(OCC)c1. The predicted octanol–water partition coefficient (Wildman–Crippen LogP) is 4.54. The Kier molecular flexibility index (Phi) is 9.17. The van der Waals surface area contributed by atoms with Gasteiger partial charge in [-0.3, -0.25) is 0 Å². The van der Waals surface area contributed by atoms with Gasteiger partial charge in [0.25, 0.3) is 0 Å². The van der Waals surface area contributed by atoms with Gasteiger partial charge in [0.05, 0.1) is 6.61 Å². The van der Waals surface area contributed by atoms with Crippen molar-refractivity contribution < 1.29 is 4.74 Å². The van der Waals surface area contributed by atoms with E-state index in [2.05, 4.69) is 30.4 Å². The van der Waals surface area contributed by atoms with Crippen LogP contribution in [0.25, 0.3) is 0 Å². The minimum atomic E-state index is 0.731. The van der Waals surface area contributed by atoms with E-state index in [1.165, 1.54) is 44.1 Å². The molecule has 0 aliphatic rings. The fourth-order valence-corrected chi connectivity index (χ4v) is 2.17. The minimum absolute atomic E-state index is 0.731. The summed E-state index contributed by atoms with van der Waals surface area (Å²) in [6, 6.07) is 8.35. The summed E-state index contributed by atoms with van der Waals surface area (Å²) < 4.78 is 5.50. The highest BCUT2D eigenvalue weighted by Gasteiger charge is 1.96. The van der Waals surface area contributed by atoms with Gasteiger partial charge in [-0.05, 0) is 37.6 Å². The van der Waals surface area contributed by atoms with Crippen LogP contribution in [-0.2, 0) is 6.54 Å². The van der Waals surface area contributed by atoms with Gasteiger partial charge in [0, 0.05) is 6.54 Å². The molecule has 0 radical (unpaired) electrons. The van der Waals surface area contributed by atoms with Gasteiger partial charge in [-0.25, -0.2) is 0 Å². The Morgan fingerprint density at radius 3 is 2.58 bits per heavy atom. The highest BCUT2D eigenvalue weighted by atomic mass is 16.5. The van der Waals surface area contributed by atoms with Gasteiger partial charge < -0.3 is 10.1 Å². The van der Waals surface area contributed by atoms with E-state index in [1.807, 2.05) is 13.0 Å². The number of hydrogen-bond acceptors (Lipinski definition) is 2. The molecule has 108 valence electrons. The van der Waals surface area contributed by atoms with Crippen molar-refractivity contribution in [1.82, 2.24) is 5.32 Å². The summed E-state index contributed by atoms with van der Waals surface area (Å²) in [4.78, 5) is 0. The van der Waals surface area contributed by atoms with Gasteiger partial charge in [-0.15, -0.1) is 0 Å². The molecule has 0 unspecified atom stereocenters. The first-order chi connectivity index (χ1) is 9.36. The molecule has 0 atom stereocenters. The Labute approximate surface area is 118 Å². The molecule has 1 N–H and O–H groups in total. The van der Waals surface area contributed by atoms with Crippen LogP contribution >= 0.6 is 0 Å². The molecule has 0 saturated heterocycles. The second-order valence-electron chi connectivity index (χ2n) is 5.02. The number of hydrogen-bond donors (Lipinski definition) is 1. The van der Waals surface area contributed by atoms with Crippen molar-refractivity contribution in [3.8, 4) is 5.75 Å². The molecule has 0 heterocycles. The molecule has 0 aliphatic carbocycles. The van der Waals surface area contributed by atoms with E-state index in [0.29, 0.717) is 0 Å². The van der Waals surface area contributed by atoms with Gasteiger partial charge >= 0.3 is 0 Å². The van der Waals surface area contributed by atoms with E-state index >= 15 is 0 Å². The molecule has 1 aromatic carbocycles. The first kappa shape index (κ1) is 16.0. The standard InChI is InChI=1S/C17H29NO/c1-3-5-6-7-8-9-13-18-15-16-11-10-12-17(14-16)19-4-2/h10-12,14,18H,3-9,13,15H2,1-2H3. The predicted molar refractivity (Wildman–Crippen MR) is 82.7 cm³/mol. The third kappa shape index (κ3) is 7.89. The Bertz CT molecular complexity index is 325. The highest BCUT2D eigenvalue weighted by molar-refractivity contribution is 5.28. The second-order valence-corrected chi connectivity index (χ2v) is 5.02. The molecule has 2 heteroatoms. The number of nitrogens with one attached hydrogen (secondary N) is 1. The third-order valence-corrected chi connectivity index (χ3v) is 3.25. The van der Waals surface area contributed by atoms with Gasteiger partial charge in [-0.1, -0.05) is 51.2 Å². The fourth-order valence-electron chi connectivity index (χ4n) is 2.17. The normalized spacial score (nSPS) is 10.6. The minimum Gasteiger partial charge on any atom is -0.494 e. The zero-order valence-electron chi connectivity index (χ0n) is 12.6. The third-order valence-electron chi connectivity index (χ3n) is 3.25. The lowest BCUT2D eigenvalue weighted by molar-refractivity contribution is 0.340. The quantitative estimate of drug-likeness (QED) is 0.592. The number of benzene rings is 1. The van der Waals surface area contributed by atoms with Gasteiger partial charge in [0.2, 0.25) is 0 Å². The van der Waals surface area contributed by atoms with Crippen LogP contribution in [0.3, 0.4) is 0 Å². The lowest BCUT2D eigenvalue weighted by Crippen LogP contribution is -2.14. The second kappa shape index (κ2) is 10.9. The van der Waals surface area contributed by atoms with Crippen LogP contribution in [0.2, 0.25) is 0 Å². The Morgan fingerprint density at radius 1 is 1.00 bits per heavy atom. The molecule has 0 aromatic heterocycles. The summed E-state index contributed by atoms with van der Waals surface area (Å²) >= 11 is 0. The van der Waals surface area contributed by atoms with Crippen molar-refractivity contribution >= 4 is 0 Å². The summed E-state index contributed by atoms with van der Waals surface area (Å²) in [6.45, 7) is 7.07. The average molecular weight is 263 g/mol. The number of unbranched alkanes of at least 4 members (excludes halogenated alkanes) is 5. The molecular weight excluding hydrogens is 234 g/mol. The maximum Gasteiger partial charge on any atom is 0.119 e. The molecule has 0 amide bonds. The molecule has 1 rings (SSSR count). The summed E-state index contributed by atoms with van der Waals surface area (Å²) in [5, 5.41) is 3.51. The first-order valence-electron chi connectivity index (χ1n) is 7.79. The van der Waals surface area contributed by atoms with E-state index in [0.717, 1.165) is 25.4 Å². The lowest BCUT2D eigenvalue weighted by atomic mass is 10.1. The van der Waals surface area contributed by atoms with Crippen LogP contribution in [0.4, 0.5) is 0 Å². The molecule has 2 nitrogen and oxygen atoms in total. The van der Waals surface area contributed by atoms with Crippen LogP contribution in [0.1, 0.15) is 57.9 Å². The van der Waals surface area contributed by atoms with Gasteiger partial charge in [-0.2, -0.15) is 0 Å². The summed E-state index contributed by atoms with van der Waals surface area (Å²) in [5.41, 5.74) is 1.30. The molecule has 1 aromatic rings. The summed E-state index contributed by atoms with van der Waals surface area (Å²) in [5.74, 6) is 0.973. The Hall–Kier alpha value is -1.02. The van der Waals surface area contributed by atoms with E-state index in [4.69, 9.17) is 4.74 Å². The van der Waals surface area contributed by atoms with Gasteiger partial charge in [0.15, 0.2) is 0 Å². The molecule has 0 bridgehead atoms. The van der Waals surface area contributed by atoms with Crippen LogP contribution in [0.15, 0.2) is 24.3 Å². The Morgan fingerprint density at radius 2 is 1.79 bits per heavy atom. The lowest BCUT2D eigenvalue weighted by Gasteiger charge is -2.07. The van der Waals surface area contributed by atoms with Crippen molar-refractivity contribution in [2.75, 3.05) is 13.2 Å².